The number of rotatable bonds is 8. The molecule has 1 amide bonds. The Morgan fingerprint density at radius 3 is 2.50 bits per heavy atom. The lowest BCUT2D eigenvalue weighted by Crippen LogP contribution is -2.31. The Bertz CT molecular complexity index is 869. The molecule has 0 heterocycles. The average Bonchev–Trinajstić information content (AvgIpc) is 2.61. The number of aliphatic hydroxyl groups is 1. The summed E-state index contributed by atoms with van der Waals surface area (Å²) in [7, 11) is -3.77. The van der Waals surface area contributed by atoms with Gasteiger partial charge in [-0.05, 0) is 48.9 Å². The zero-order valence-corrected chi connectivity index (χ0v) is 15.6. The summed E-state index contributed by atoms with van der Waals surface area (Å²) in [6.07, 6.45) is 0. The van der Waals surface area contributed by atoms with Crippen LogP contribution in [-0.2, 0) is 14.8 Å². The predicted molar refractivity (Wildman–Crippen MR) is 99.0 cm³/mol. The van der Waals surface area contributed by atoms with Crippen molar-refractivity contribution >= 4 is 33.2 Å². The number of hydrogen-bond donors (Lipinski definition) is 3. The van der Waals surface area contributed by atoms with Gasteiger partial charge < -0.3 is 15.2 Å². The normalized spacial score (nSPS) is 11.0. The SMILES string of the molecule is Cc1ccc(NS(=O)(=O)c2ccc(OCC(=O)NCCO)cc2)cc1Cl. The molecular formula is C17H19ClN2O5S. The van der Waals surface area contributed by atoms with E-state index in [0.717, 1.165) is 5.56 Å². The van der Waals surface area contributed by atoms with Crippen LogP contribution in [0.25, 0.3) is 0 Å². The molecule has 9 heteroatoms. The van der Waals surface area contributed by atoms with Crippen molar-refractivity contribution < 1.29 is 23.1 Å². The first-order valence-corrected chi connectivity index (χ1v) is 9.57. The summed E-state index contributed by atoms with van der Waals surface area (Å²) in [4.78, 5) is 11.4. The van der Waals surface area contributed by atoms with Gasteiger partial charge in [0.1, 0.15) is 5.75 Å². The zero-order chi connectivity index (χ0) is 19.2. The number of sulfonamides is 1. The molecule has 0 spiro atoms. The number of ether oxygens (including phenoxy) is 1. The molecule has 0 aliphatic carbocycles. The van der Waals surface area contributed by atoms with E-state index in [1.165, 1.54) is 30.3 Å². The molecule has 0 unspecified atom stereocenters. The van der Waals surface area contributed by atoms with E-state index >= 15 is 0 Å². The number of carbonyl (C=O) groups is 1. The molecular weight excluding hydrogens is 380 g/mol. The quantitative estimate of drug-likeness (QED) is 0.630. The predicted octanol–water partition coefficient (Wildman–Crippen LogP) is 1.94. The highest BCUT2D eigenvalue weighted by molar-refractivity contribution is 7.92. The smallest absolute Gasteiger partial charge is 0.261 e. The van der Waals surface area contributed by atoms with Crippen LogP contribution in [0.5, 0.6) is 5.75 Å². The van der Waals surface area contributed by atoms with Crippen molar-refractivity contribution in [2.75, 3.05) is 24.5 Å². The fourth-order valence-electron chi connectivity index (χ4n) is 1.98. The maximum atomic E-state index is 12.4. The van der Waals surface area contributed by atoms with Gasteiger partial charge in [-0.25, -0.2) is 8.42 Å². The van der Waals surface area contributed by atoms with Crippen LogP contribution in [0.3, 0.4) is 0 Å². The summed E-state index contributed by atoms with van der Waals surface area (Å²) in [5.74, 6) is -0.0323. The van der Waals surface area contributed by atoms with Crippen molar-refractivity contribution in [1.29, 1.82) is 0 Å². The number of anilines is 1. The Hall–Kier alpha value is -2.29. The van der Waals surface area contributed by atoms with Crippen LogP contribution in [-0.4, -0.2) is 39.2 Å². The topological polar surface area (TPSA) is 105 Å². The first-order chi connectivity index (χ1) is 12.3. The molecule has 2 aromatic rings. The Balaban J connectivity index is 2.01. The third kappa shape index (κ3) is 5.62. The van der Waals surface area contributed by atoms with E-state index < -0.39 is 10.0 Å². The van der Waals surface area contributed by atoms with Gasteiger partial charge >= 0.3 is 0 Å². The fourth-order valence-corrected chi connectivity index (χ4v) is 3.21. The highest BCUT2D eigenvalue weighted by atomic mass is 35.5. The van der Waals surface area contributed by atoms with Crippen molar-refractivity contribution in [1.82, 2.24) is 5.32 Å². The summed E-state index contributed by atoms with van der Waals surface area (Å²) in [6.45, 7) is 1.58. The van der Waals surface area contributed by atoms with Crippen molar-refractivity contribution in [3.8, 4) is 5.75 Å². The summed E-state index contributed by atoms with van der Waals surface area (Å²) < 4.78 is 32.5. The second-order valence-corrected chi connectivity index (χ2v) is 7.49. The van der Waals surface area contributed by atoms with E-state index in [0.29, 0.717) is 16.5 Å². The number of amides is 1. The van der Waals surface area contributed by atoms with Crippen molar-refractivity contribution in [3.05, 3.63) is 53.1 Å². The Morgan fingerprint density at radius 1 is 1.19 bits per heavy atom. The molecule has 0 bridgehead atoms. The van der Waals surface area contributed by atoms with E-state index in [-0.39, 0.29) is 30.6 Å². The number of aryl methyl sites for hydroxylation is 1. The summed E-state index contributed by atoms with van der Waals surface area (Å²) in [5, 5.41) is 11.5. The van der Waals surface area contributed by atoms with Gasteiger partial charge in [-0.3, -0.25) is 9.52 Å². The van der Waals surface area contributed by atoms with E-state index in [9.17, 15) is 13.2 Å². The minimum Gasteiger partial charge on any atom is -0.484 e. The highest BCUT2D eigenvalue weighted by Gasteiger charge is 2.15. The van der Waals surface area contributed by atoms with Gasteiger partial charge in [0.05, 0.1) is 17.2 Å². The summed E-state index contributed by atoms with van der Waals surface area (Å²) >= 11 is 6.00. The second kappa shape index (κ2) is 8.88. The van der Waals surface area contributed by atoms with Gasteiger partial charge in [0.2, 0.25) is 0 Å². The number of hydrogen-bond acceptors (Lipinski definition) is 5. The lowest BCUT2D eigenvalue weighted by Gasteiger charge is -2.10. The van der Waals surface area contributed by atoms with Crippen LogP contribution in [0.15, 0.2) is 47.4 Å². The van der Waals surface area contributed by atoms with Crippen LogP contribution < -0.4 is 14.8 Å². The first kappa shape index (κ1) is 20.0. The molecule has 0 radical (unpaired) electrons. The van der Waals surface area contributed by atoms with Gasteiger partial charge in [0.15, 0.2) is 6.61 Å². The second-order valence-electron chi connectivity index (χ2n) is 5.40. The van der Waals surface area contributed by atoms with Crippen LogP contribution in [0.2, 0.25) is 5.02 Å². The van der Waals surface area contributed by atoms with E-state index in [2.05, 4.69) is 10.0 Å². The van der Waals surface area contributed by atoms with E-state index in [1.807, 2.05) is 6.92 Å². The number of benzene rings is 2. The van der Waals surface area contributed by atoms with Gasteiger partial charge in [0, 0.05) is 11.6 Å². The molecule has 3 N–H and O–H groups in total. The van der Waals surface area contributed by atoms with Crippen LogP contribution in [0.1, 0.15) is 5.56 Å². The number of nitrogens with one attached hydrogen (secondary N) is 2. The summed E-state index contributed by atoms with van der Waals surface area (Å²) in [6, 6.07) is 10.5. The molecule has 0 fully saturated rings. The van der Waals surface area contributed by atoms with Gasteiger partial charge in [-0.1, -0.05) is 17.7 Å². The standard InChI is InChI=1S/C17H19ClN2O5S/c1-12-2-3-13(10-16(12)18)20-26(23,24)15-6-4-14(5-7-15)25-11-17(22)19-8-9-21/h2-7,10,20-21H,8-9,11H2,1H3,(H,19,22). The van der Waals surface area contributed by atoms with E-state index in [1.54, 1.807) is 12.1 Å². The Morgan fingerprint density at radius 2 is 1.88 bits per heavy atom. The average molecular weight is 399 g/mol. The molecule has 0 aliphatic heterocycles. The molecule has 0 saturated heterocycles. The molecule has 2 rings (SSSR count). The van der Waals surface area contributed by atoms with Crippen molar-refractivity contribution in [3.63, 3.8) is 0 Å². The Labute approximate surface area is 157 Å². The van der Waals surface area contributed by atoms with Gasteiger partial charge in [-0.15, -0.1) is 0 Å². The molecule has 2 aromatic carbocycles. The molecule has 0 aliphatic rings. The summed E-state index contributed by atoms with van der Waals surface area (Å²) in [5.41, 5.74) is 1.21. The minimum absolute atomic E-state index is 0.0475. The van der Waals surface area contributed by atoms with Gasteiger partial charge in [0.25, 0.3) is 15.9 Å². The molecule has 0 saturated carbocycles. The minimum atomic E-state index is -3.77. The highest BCUT2D eigenvalue weighted by Crippen LogP contribution is 2.23. The van der Waals surface area contributed by atoms with Gasteiger partial charge in [-0.2, -0.15) is 0 Å². The van der Waals surface area contributed by atoms with Crippen LogP contribution >= 0.6 is 11.6 Å². The monoisotopic (exact) mass is 398 g/mol. The third-order valence-electron chi connectivity index (χ3n) is 3.36. The van der Waals surface area contributed by atoms with Crippen LogP contribution in [0, 0.1) is 6.92 Å². The number of carbonyl (C=O) groups excluding carboxylic acids is 1. The Kier molecular flexibility index (Phi) is 6.84. The molecule has 26 heavy (non-hydrogen) atoms. The van der Waals surface area contributed by atoms with Crippen molar-refractivity contribution in [2.24, 2.45) is 0 Å². The molecule has 7 nitrogen and oxygen atoms in total. The number of halogens is 1. The maximum Gasteiger partial charge on any atom is 0.261 e. The number of aliphatic hydroxyl groups excluding tert-OH is 1. The lowest BCUT2D eigenvalue weighted by molar-refractivity contribution is -0.123. The lowest BCUT2D eigenvalue weighted by atomic mass is 10.2. The van der Waals surface area contributed by atoms with Crippen LogP contribution in [0.4, 0.5) is 5.69 Å². The largest absolute Gasteiger partial charge is 0.484 e. The third-order valence-corrected chi connectivity index (χ3v) is 5.17. The molecule has 0 aromatic heterocycles. The van der Waals surface area contributed by atoms with E-state index in [4.69, 9.17) is 21.4 Å². The maximum absolute atomic E-state index is 12.4. The zero-order valence-electron chi connectivity index (χ0n) is 14.0. The fraction of sp³-hybridized carbons (Fsp3) is 0.235. The molecule has 0 atom stereocenters. The first-order valence-electron chi connectivity index (χ1n) is 7.71. The molecule has 140 valence electrons. The van der Waals surface area contributed by atoms with Crippen molar-refractivity contribution in [2.45, 2.75) is 11.8 Å².